The first kappa shape index (κ1) is 13.5. The zero-order chi connectivity index (χ0) is 13.8. The molecule has 0 unspecified atom stereocenters. The number of aromatic nitrogens is 2. The molecule has 0 fully saturated rings. The van der Waals surface area contributed by atoms with E-state index in [4.69, 9.17) is 11.6 Å². The van der Waals surface area contributed by atoms with Gasteiger partial charge in [0.1, 0.15) is 18.0 Å². The quantitative estimate of drug-likeness (QED) is 0.898. The van der Waals surface area contributed by atoms with E-state index in [1.807, 2.05) is 6.92 Å². The van der Waals surface area contributed by atoms with Crippen LogP contribution in [0.15, 0.2) is 24.5 Å². The van der Waals surface area contributed by atoms with E-state index in [-0.39, 0.29) is 5.02 Å². The minimum absolute atomic E-state index is 0.0749. The second-order valence-electron chi connectivity index (χ2n) is 3.88. The van der Waals surface area contributed by atoms with Gasteiger partial charge in [-0.2, -0.15) is 0 Å². The molecule has 0 saturated heterocycles. The lowest BCUT2D eigenvalue weighted by atomic mass is 10.2. The monoisotopic (exact) mass is 280 g/mol. The predicted octanol–water partition coefficient (Wildman–Crippen LogP) is 3.62. The molecule has 100 valence electrons. The Labute approximate surface area is 116 Å². The van der Waals surface area contributed by atoms with Crippen LogP contribution in [0.1, 0.15) is 12.5 Å². The van der Waals surface area contributed by atoms with Crippen LogP contribution >= 0.6 is 11.6 Å². The van der Waals surface area contributed by atoms with Gasteiger partial charge in [-0.1, -0.05) is 24.6 Å². The van der Waals surface area contributed by atoms with Crippen molar-refractivity contribution >= 4 is 28.9 Å². The number of halogens is 2. The molecule has 1 aromatic carbocycles. The highest BCUT2D eigenvalue weighted by molar-refractivity contribution is 6.31. The molecule has 1 aromatic heterocycles. The fraction of sp³-hybridized carbons (Fsp3) is 0.231. The molecule has 2 aromatic rings. The highest BCUT2D eigenvalue weighted by Crippen LogP contribution is 2.27. The van der Waals surface area contributed by atoms with Crippen LogP contribution in [0.3, 0.4) is 0 Å². The Bertz CT molecular complexity index is 589. The van der Waals surface area contributed by atoms with Crippen molar-refractivity contribution in [2.24, 2.45) is 0 Å². The molecule has 0 spiro atoms. The molecule has 0 aliphatic carbocycles. The fourth-order valence-corrected chi connectivity index (χ4v) is 1.97. The standard InChI is InChI=1S/C13H14ClFN4/c1-3-8-12(16-2)17-7-18-13(8)19-10-6-4-5-9(14)11(10)15/h4-7H,3H2,1-2H3,(H2,16,17,18,19). The second-order valence-corrected chi connectivity index (χ2v) is 4.29. The normalized spacial score (nSPS) is 10.3. The number of hydrogen-bond acceptors (Lipinski definition) is 4. The molecule has 4 nitrogen and oxygen atoms in total. The Morgan fingerprint density at radius 2 is 2.00 bits per heavy atom. The largest absolute Gasteiger partial charge is 0.373 e. The Balaban J connectivity index is 2.41. The second kappa shape index (κ2) is 5.84. The Morgan fingerprint density at radius 3 is 2.68 bits per heavy atom. The van der Waals surface area contributed by atoms with E-state index >= 15 is 0 Å². The van der Waals surface area contributed by atoms with Crippen LogP contribution < -0.4 is 10.6 Å². The van der Waals surface area contributed by atoms with Crippen LogP contribution in [0.5, 0.6) is 0 Å². The van der Waals surface area contributed by atoms with Crippen LogP contribution in [-0.4, -0.2) is 17.0 Å². The maximum atomic E-state index is 13.9. The molecule has 2 N–H and O–H groups in total. The van der Waals surface area contributed by atoms with Crippen molar-refractivity contribution in [3.63, 3.8) is 0 Å². The predicted molar refractivity (Wildman–Crippen MR) is 75.6 cm³/mol. The van der Waals surface area contributed by atoms with E-state index in [1.165, 1.54) is 12.4 Å². The van der Waals surface area contributed by atoms with Crippen molar-refractivity contribution < 1.29 is 4.39 Å². The first-order valence-corrected chi connectivity index (χ1v) is 6.27. The lowest BCUT2D eigenvalue weighted by Crippen LogP contribution is -2.05. The number of rotatable bonds is 4. The van der Waals surface area contributed by atoms with E-state index < -0.39 is 5.82 Å². The fourth-order valence-electron chi connectivity index (χ4n) is 1.80. The SMILES string of the molecule is CCc1c(NC)ncnc1Nc1cccc(Cl)c1F. The van der Waals surface area contributed by atoms with Crippen molar-refractivity contribution in [2.75, 3.05) is 17.7 Å². The third kappa shape index (κ3) is 2.76. The van der Waals surface area contributed by atoms with Crippen LogP contribution in [0, 0.1) is 5.82 Å². The van der Waals surface area contributed by atoms with Gasteiger partial charge in [0.25, 0.3) is 0 Å². The maximum absolute atomic E-state index is 13.9. The Morgan fingerprint density at radius 1 is 1.26 bits per heavy atom. The average Bonchev–Trinajstić information content (AvgIpc) is 2.43. The summed E-state index contributed by atoms with van der Waals surface area (Å²) in [6.07, 6.45) is 2.15. The summed E-state index contributed by atoms with van der Waals surface area (Å²) in [5.41, 5.74) is 1.19. The molecular formula is C13H14ClFN4. The van der Waals surface area contributed by atoms with Crippen LogP contribution in [0.4, 0.5) is 21.7 Å². The minimum Gasteiger partial charge on any atom is -0.373 e. The average molecular weight is 281 g/mol. The molecule has 0 aliphatic rings. The van der Waals surface area contributed by atoms with Crippen LogP contribution in [0.2, 0.25) is 5.02 Å². The van der Waals surface area contributed by atoms with E-state index in [2.05, 4.69) is 20.6 Å². The number of hydrogen-bond donors (Lipinski definition) is 2. The van der Waals surface area contributed by atoms with Gasteiger partial charge in [-0.3, -0.25) is 0 Å². The summed E-state index contributed by atoms with van der Waals surface area (Å²) in [5.74, 6) is 0.807. The zero-order valence-corrected chi connectivity index (χ0v) is 11.4. The van der Waals surface area contributed by atoms with Gasteiger partial charge in [0.2, 0.25) is 0 Å². The van der Waals surface area contributed by atoms with Gasteiger partial charge in [-0.05, 0) is 18.6 Å². The highest BCUT2D eigenvalue weighted by Gasteiger charge is 2.12. The summed E-state index contributed by atoms with van der Waals surface area (Å²) < 4.78 is 13.9. The molecule has 0 atom stereocenters. The molecule has 6 heteroatoms. The summed E-state index contributed by atoms with van der Waals surface area (Å²) in [6, 6.07) is 4.79. The van der Waals surface area contributed by atoms with Gasteiger partial charge < -0.3 is 10.6 Å². The minimum atomic E-state index is -0.490. The summed E-state index contributed by atoms with van der Waals surface area (Å²) in [5, 5.41) is 6.02. The van der Waals surface area contributed by atoms with E-state index in [1.54, 1.807) is 19.2 Å². The number of nitrogens with one attached hydrogen (secondary N) is 2. The van der Waals surface area contributed by atoms with Crippen molar-refractivity contribution in [1.29, 1.82) is 0 Å². The number of anilines is 3. The molecule has 0 saturated carbocycles. The third-order valence-electron chi connectivity index (χ3n) is 2.74. The zero-order valence-electron chi connectivity index (χ0n) is 10.7. The topological polar surface area (TPSA) is 49.8 Å². The van der Waals surface area contributed by atoms with Gasteiger partial charge in [0, 0.05) is 12.6 Å². The molecular weight excluding hydrogens is 267 g/mol. The molecule has 2 rings (SSSR count). The third-order valence-corrected chi connectivity index (χ3v) is 3.03. The van der Waals surface area contributed by atoms with Crippen LogP contribution in [-0.2, 0) is 6.42 Å². The summed E-state index contributed by atoms with van der Waals surface area (Å²) in [4.78, 5) is 8.28. The van der Waals surface area contributed by atoms with E-state index in [0.717, 1.165) is 17.8 Å². The first-order valence-electron chi connectivity index (χ1n) is 5.90. The summed E-state index contributed by atoms with van der Waals surface area (Å²) >= 11 is 5.75. The molecule has 0 bridgehead atoms. The van der Waals surface area contributed by atoms with Crippen LogP contribution in [0.25, 0.3) is 0 Å². The summed E-state index contributed by atoms with van der Waals surface area (Å²) in [6.45, 7) is 1.99. The number of benzene rings is 1. The van der Waals surface area contributed by atoms with E-state index in [0.29, 0.717) is 11.5 Å². The molecule has 1 heterocycles. The number of nitrogens with zero attached hydrogens (tertiary/aromatic N) is 2. The van der Waals surface area contributed by atoms with Gasteiger partial charge in [0.15, 0.2) is 5.82 Å². The molecule has 19 heavy (non-hydrogen) atoms. The molecule has 0 aliphatic heterocycles. The van der Waals surface area contributed by atoms with Gasteiger partial charge in [-0.15, -0.1) is 0 Å². The Kier molecular flexibility index (Phi) is 4.16. The lowest BCUT2D eigenvalue weighted by Gasteiger charge is -2.13. The van der Waals surface area contributed by atoms with Gasteiger partial charge >= 0.3 is 0 Å². The summed E-state index contributed by atoms with van der Waals surface area (Å²) in [7, 11) is 1.78. The highest BCUT2D eigenvalue weighted by atomic mass is 35.5. The van der Waals surface area contributed by atoms with Gasteiger partial charge in [-0.25, -0.2) is 14.4 Å². The smallest absolute Gasteiger partial charge is 0.165 e. The first-order chi connectivity index (χ1) is 9.17. The molecule has 0 amide bonds. The Hall–Kier alpha value is -1.88. The van der Waals surface area contributed by atoms with Gasteiger partial charge in [0.05, 0.1) is 10.7 Å². The van der Waals surface area contributed by atoms with Crippen molar-refractivity contribution in [3.8, 4) is 0 Å². The molecule has 0 radical (unpaired) electrons. The van der Waals surface area contributed by atoms with E-state index in [9.17, 15) is 4.39 Å². The van der Waals surface area contributed by atoms with Crippen molar-refractivity contribution in [3.05, 3.63) is 40.9 Å². The lowest BCUT2D eigenvalue weighted by molar-refractivity contribution is 0.632. The van der Waals surface area contributed by atoms with Crippen molar-refractivity contribution in [2.45, 2.75) is 13.3 Å². The maximum Gasteiger partial charge on any atom is 0.165 e. The van der Waals surface area contributed by atoms with Crippen molar-refractivity contribution in [1.82, 2.24) is 9.97 Å².